The molecule has 0 spiro atoms. The Bertz CT molecular complexity index is 1340. The molecule has 0 saturated heterocycles. The number of amides is 1. The molecule has 0 aliphatic rings. The second kappa shape index (κ2) is 66.1. The van der Waals surface area contributed by atoms with Crippen LogP contribution in [0.5, 0.6) is 0 Å². The van der Waals surface area contributed by atoms with Crippen LogP contribution >= 0.6 is 0 Å². The molecule has 0 aromatic carbocycles. The quantitative estimate of drug-likeness (QED) is 0.0320. The van der Waals surface area contributed by atoms with Gasteiger partial charge in [0, 0.05) is 12.8 Å². The fraction of sp³-hybridized carbons (Fsp3) is 0.831. The molecular formula is C71H131NO5. The van der Waals surface area contributed by atoms with Gasteiger partial charge in [0.2, 0.25) is 5.91 Å². The van der Waals surface area contributed by atoms with E-state index in [0.29, 0.717) is 19.4 Å². The molecule has 2 unspecified atom stereocenters. The summed E-state index contributed by atoms with van der Waals surface area (Å²) in [6, 6.07) is -0.635. The number of hydrogen-bond acceptors (Lipinski definition) is 5. The largest absolute Gasteiger partial charge is 0.466 e. The molecule has 0 rings (SSSR count). The molecule has 0 aromatic rings. The van der Waals surface area contributed by atoms with E-state index in [1.807, 2.05) is 6.08 Å². The summed E-state index contributed by atoms with van der Waals surface area (Å²) in [5, 5.41) is 23.2. The normalized spacial score (nSPS) is 12.9. The van der Waals surface area contributed by atoms with E-state index in [1.165, 1.54) is 270 Å². The van der Waals surface area contributed by atoms with E-state index in [-0.39, 0.29) is 18.5 Å². The number of carbonyl (C=O) groups is 2. The minimum Gasteiger partial charge on any atom is -0.466 e. The maximum Gasteiger partial charge on any atom is 0.305 e. The third-order valence-corrected chi connectivity index (χ3v) is 15.5. The van der Waals surface area contributed by atoms with E-state index < -0.39 is 12.1 Å². The van der Waals surface area contributed by atoms with Crippen molar-refractivity contribution in [3.63, 3.8) is 0 Å². The Morgan fingerprint density at radius 2 is 0.649 bits per heavy atom. The Morgan fingerprint density at radius 3 is 1.00 bits per heavy atom. The Kier molecular flexibility index (Phi) is 64.0. The van der Waals surface area contributed by atoms with Gasteiger partial charge in [-0.1, -0.05) is 306 Å². The Hall–Kier alpha value is -2.44. The number of aliphatic hydroxyl groups excluding tert-OH is 2. The minimum atomic E-state index is -0.851. The fourth-order valence-electron chi connectivity index (χ4n) is 10.3. The SMILES string of the molecule is CCCCCC/C=C\C/C=C\CCCCCCCC(=O)OCCCCCCCCCCC/C=C\C/C=C\CCCCCCCCCCCC(=O)NC(CO)C(O)/C=C/CCCCCCCCCCCCCCCCCCC. The summed E-state index contributed by atoms with van der Waals surface area (Å²) in [4.78, 5) is 24.6. The van der Waals surface area contributed by atoms with Crippen LogP contribution < -0.4 is 5.32 Å². The zero-order valence-electron chi connectivity index (χ0n) is 51.4. The van der Waals surface area contributed by atoms with Crippen LogP contribution in [0.4, 0.5) is 0 Å². The topological polar surface area (TPSA) is 95.9 Å². The molecule has 450 valence electrons. The third kappa shape index (κ3) is 62.6. The highest BCUT2D eigenvalue weighted by Crippen LogP contribution is 2.17. The van der Waals surface area contributed by atoms with E-state index in [4.69, 9.17) is 4.74 Å². The van der Waals surface area contributed by atoms with E-state index >= 15 is 0 Å². The first-order valence-corrected chi connectivity index (χ1v) is 34.1. The minimum absolute atomic E-state index is 0.00514. The van der Waals surface area contributed by atoms with Crippen molar-refractivity contribution in [1.29, 1.82) is 0 Å². The van der Waals surface area contributed by atoms with Crippen LogP contribution in [0.2, 0.25) is 0 Å². The molecule has 0 aliphatic heterocycles. The van der Waals surface area contributed by atoms with Gasteiger partial charge in [0.05, 0.1) is 25.4 Å². The highest BCUT2D eigenvalue weighted by atomic mass is 16.5. The van der Waals surface area contributed by atoms with Crippen LogP contribution in [-0.4, -0.2) is 47.4 Å². The van der Waals surface area contributed by atoms with Crippen molar-refractivity contribution in [2.75, 3.05) is 13.2 Å². The number of esters is 1. The lowest BCUT2D eigenvalue weighted by molar-refractivity contribution is -0.143. The summed E-state index contributed by atoms with van der Waals surface area (Å²) in [5.74, 6) is -0.0776. The van der Waals surface area contributed by atoms with Crippen LogP contribution in [0, 0.1) is 0 Å². The first-order chi connectivity index (χ1) is 38.0. The van der Waals surface area contributed by atoms with Gasteiger partial charge in [0.1, 0.15) is 0 Å². The van der Waals surface area contributed by atoms with Gasteiger partial charge in [-0.05, 0) is 96.3 Å². The molecule has 0 fully saturated rings. The number of aliphatic hydroxyl groups is 2. The van der Waals surface area contributed by atoms with Gasteiger partial charge in [-0.15, -0.1) is 0 Å². The van der Waals surface area contributed by atoms with Crippen LogP contribution in [-0.2, 0) is 14.3 Å². The second-order valence-electron chi connectivity index (χ2n) is 23.1. The van der Waals surface area contributed by atoms with Gasteiger partial charge in [0.15, 0.2) is 0 Å². The molecule has 6 nitrogen and oxygen atoms in total. The molecular weight excluding hydrogens is 947 g/mol. The first kappa shape index (κ1) is 74.6. The molecule has 0 heterocycles. The Balaban J connectivity index is 3.47. The molecule has 3 N–H and O–H groups in total. The smallest absolute Gasteiger partial charge is 0.305 e. The van der Waals surface area contributed by atoms with Crippen molar-refractivity contribution in [1.82, 2.24) is 5.32 Å². The van der Waals surface area contributed by atoms with E-state index in [2.05, 4.69) is 67.8 Å². The fourth-order valence-corrected chi connectivity index (χ4v) is 10.3. The maximum atomic E-state index is 12.5. The summed E-state index contributed by atoms with van der Waals surface area (Å²) in [7, 11) is 0. The number of nitrogens with one attached hydrogen (secondary N) is 1. The van der Waals surface area contributed by atoms with Crippen LogP contribution in [0.1, 0.15) is 354 Å². The third-order valence-electron chi connectivity index (χ3n) is 15.5. The molecule has 0 aromatic heterocycles. The van der Waals surface area contributed by atoms with Gasteiger partial charge < -0.3 is 20.3 Å². The number of carbonyl (C=O) groups excluding carboxylic acids is 2. The lowest BCUT2D eigenvalue weighted by Crippen LogP contribution is -2.45. The zero-order valence-corrected chi connectivity index (χ0v) is 51.4. The van der Waals surface area contributed by atoms with Crippen LogP contribution in [0.3, 0.4) is 0 Å². The molecule has 1 amide bonds. The van der Waals surface area contributed by atoms with E-state index in [0.717, 1.165) is 57.8 Å². The highest BCUT2D eigenvalue weighted by Gasteiger charge is 2.18. The van der Waals surface area contributed by atoms with Gasteiger partial charge >= 0.3 is 5.97 Å². The summed E-state index contributed by atoms with van der Waals surface area (Å²) in [5.41, 5.74) is 0. The summed E-state index contributed by atoms with van der Waals surface area (Å²) in [6.45, 7) is 4.89. The summed E-state index contributed by atoms with van der Waals surface area (Å²) in [6.07, 6.45) is 87.1. The summed E-state index contributed by atoms with van der Waals surface area (Å²) < 4.78 is 5.48. The highest BCUT2D eigenvalue weighted by molar-refractivity contribution is 5.76. The van der Waals surface area contributed by atoms with Crippen molar-refractivity contribution in [3.8, 4) is 0 Å². The lowest BCUT2D eigenvalue weighted by atomic mass is 10.0. The van der Waals surface area contributed by atoms with E-state index in [1.54, 1.807) is 6.08 Å². The molecule has 0 saturated carbocycles. The standard InChI is InChI=1S/C71H131NO5/c1-3-5-7-9-11-13-15-17-19-21-29-32-35-39-43-47-51-55-59-63-69(74)68(67-73)72-70(75)64-60-56-52-48-44-40-36-33-30-27-25-23-22-24-26-28-31-34-38-42-46-50-54-58-62-66-77-71(76)65-61-57-53-49-45-41-37-20-18-16-14-12-10-8-6-4-2/h14,16,20,23-26,37,59,63,68-69,73-74H,3-13,15,17-19,21-22,27-36,38-58,60-62,64-67H2,1-2H3,(H,72,75)/b16-14-,25-23-,26-24-,37-20-,63-59+. The van der Waals surface area contributed by atoms with Crippen molar-refractivity contribution >= 4 is 11.9 Å². The predicted molar refractivity (Wildman–Crippen MR) is 338 cm³/mol. The number of hydrogen-bond donors (Lipinski definition) is 3. The second-order valence-corrected chi connectivity index (χ2v) is 23.1. The Labute approximate surface area is 479 Å². The van der Waals surface area contributed by atoms with Crippen LogP contribution in [0.15, 0.2) is 60.8 Å². The monoisotopic (exact) mass is 1080 g/mol. The van der Waals surface area contributed by atoms with Crippen molar-refractivity contribution in [2.24, 2.45) is 0 Å². The molecule has 0 aliphatic carbocycles. The average Bonchev–Trinajstić information content (AvgIpc) is 3.43. The van der Waals surface area contributed by atoms with Crippen molar-refractivity contribution < 1.29 is 24.5 Å². The Morgan fingerprint density at radius 1 is 0.364 bits per heavy atom. The summed E-state index contributed by atoms with van der Waals surface area (Å²) >= 11 is 0. The predicted octanol–water partition coefficient (Wildman–Crippen LogP) is 21.9. The zero-order chi connectivity index (χ0) is 55.7. The number of unbranched alkanes of at least 4 members (excludes halogenated alkanes) is 44. The number of allylic oxidation sites excluding steroid dienone is 9. The van der Waals surface area contributed by atoms with E-state index in [9.17, 15) is 19.8 Å². The maximum absolute atomic E-state index is 12.5. The first-order valence-electron chi connectivity index (χ1n) is 34.1. The van der Waals surface area contributed by atoms with Crippen molar-refractivity contribution in [3.05, 3.63) is 60.8 Å². The van der Waals surface area contributed by atoms with Gasteiger partial charge in [-0.2, -0.15) is 0 Å². The van der Waals surface area contributed by atoms with Crippen molar-refractivity contribution in [2.45, 2.75) is 366 Å². The average molecular weight is 1080 g/mol. The van der Waals surface area contributed by atoms with Gasteiger partial charge in [0.25, 0.3) is 0 Å². The molecule has 0 bridgehead atoms. The van der Waals surface area contributed by atoms with Gasteiger partial charge in [-0.3, -0.25) is 9.59 Å². The molecule has 0 radical (unpaired) electrons. The van der Waals surface area contributed by atoms with Gasteiger partial charge in [-0.25, -0.2) is 0 Å². The molecule has 77 heavy (non-hydrogen) atoms. The molecule has 2 atom stereocenters. The number of rotatable bonds is 63. The molecule has 6 heteroatoms. The van der Waals surface area contributed by atoms with Crippen LogP contribution in [0.25, 0.3) is 0 Å². The lowest BCUT2D eigenvalue weighted by Gasteiger charge is -2.20. The number of ether oxygens (including phenoxy) is 1.